The number of rotatable bonds is 9. The van der Waals surface area contributed by atoms with E-state index in [-0.39, 0.29) is 11.8 Å². The van der Waals surface area contributed by atoms with Crippen molar-refractivity contribution in [2.75, 3.05) is 44.3 Å². The van der Waals surface area contributed by atoms with Gasteiger partial charge in [0.1, 0.15) is 5.75 Å². The predicted molar refractivity (Wildman–Crippen MR) is 141 cm³/mol. The number of benzene rings is 2. The molecule has 1 saturated heterocycles. The zero-order valence-electron chi connectivity index (χ0n) is 21.0. The van der Waals surface area contributed by atoms with Gasteiger partial charge in [0.15, 0.2) is 4.80 Å². The summed E-state index contributed by atoms with van der Waals surface area (Å²) in [4.78, 5) is 19.4. The Kier molecular flexibility index (Phi) is 9.29. The van der Waals surface area contributed by atoms with Gasteiger partial charge in [-0.05, 0) is 55.3 Å². The lowest BCUT2D eigenvalue weighted by molar-refractivity contribution is -0.274. The maximum absolute atomic E-state index is 12.5. The molecule has 0 radical (unpaired) electrons. The van der Waals surface area contributed by atoms with E-state index in [4.69, 9.17) is 4.74 Å². The molecule has 2 N–H and O–H groups in total. The Morgan fingerprint density at radius 2 is 1.79 bits per heavy atom. The van der Waals surface area contributed by atoms with Crippen LogP contribution in [0.5, 0.6) is 5.75 Å². The molecule has 38 heavy (non-hydrogen) atoms. The van der Waals surface area contributed by atoms with E-state index in [1.807, 2.05) is 12.3 Å². The largest absolute Gasteiger partial charge is 0.573 e. The van der Waals surface area contributed by atoms with Gasteiger partial charge in [0.25, 0.3) is 0 Å². The molecular weight excluding hydrogens is 519 g/mol. The Hall–Kier alpha value is -3.51. The van der Waals surface area contributed by atoms with E-state index < -0.39 is 6.36 Å². The van der Waals surface area contributed by atoms with Gasteiger partial charge in [0, 0.05) is 43.8 Å². The van der Waals surface area contributed by atoms with Crippen LogP contribution in [0.4, 0.5) is 29.3 Å². The van der Waals surface area contributed by atoms with E-state index in [0.717, 1.165) is 30.0 Å². The van der Waals surface area contributed by atoms with Crippen LogP contribution in [-0.4, -0.2) is 56.4 Å². The molecule has 3 aromatic rings. The van der Waals surface area contributed by atoms with Crippen LogP contribution in [0.1, 0.15) is 13.3 Å². The van der Waals surface area contributed by atoms with E-state index >= 15 is 0 Å². The summed E-state index contributed by atoms with van der Waals surface area (Å²) in [5, 5.41) is 7.55. The average molecular weight is 550 g/mol. The number of ether oxygens (including phenoxy) is 2. The molecular formula is C26H30F3N5O3S. The van der Waals surface area contributed by atoms with Gasteiger partial charge in [-0.25, -0.2) is 9.79 Å². The molecule has 0 aliphatic carbocycles. The zero-order valence-corrected chi connectivity index (χ0v) is 21.8. The van der Waals surface area contributed by atoms with Gasteiger partial charge in [0.05, 0.1) is 24.6 Å². The van der Waals surface area contributed by atoms with Gasteiger partial charge in [0.2, 0.25) is 0 Å². The van der Waals surface area contributed by atoms with Crippen LogP contribution in [0.3, 0.4) is 0 Å². The van der Waals surface area contributed by atoms with Crippen LogP contribution >= 0.6 is 11.3 Å². The highest BCUT2D eigenvalue weighted by atomic mass is 32.1. The second kappa shape index (κ2) is 12.8. The van der Waals surface area contributed by atoms with Crippen molar-refractivity contribution < 1.29 is 27.4 Å². The molecule has 0 unspecified atom stereocenters. The van der Waals surface area contributed by atoms with E-state index in [9.17, 15) is 18.0 Å². The molecule has 1 aromatic heterocycles. The van der Waals surface area contributed by atoms with Gasteiger partial charge in [-0.15, -0.1) is 24.5 Å². The highest BCUT2D eigenvalue weighted by molar-refractivity contribution is 7.07. The number of hydrogen-bond acceptors (Lipinski definition) is 6. The van der Waals surface area contributed by atoms with E-state index in [1.165, 1.54) is 35.6 Å². The predicted octanol–water partition coefficient (Wildman–Crippen LogP) is 4.89. The summed E-state index contributed by atoms with van der Waals surface area (Å²) in [5.74, 6) is -0.298. The lowest BCUT2D eigenvalue weighted by Gasteiger charge is -2.28. The van der Waals surface area contributed by atoms with E-state index in [2.05, 4.69) is 54.1 Å². The van der Waals surface area contributed by atoms with Gasteiger partial charge in [-0.3, -0.25) is 0 Å². The fraction of sp³-hybridized carbons (Fsp3) is 0.385. The number of nitrogens with one attached hydrogen (secondary N) is 2. The highest BCUT2D eigenvalue weighted by Crippen LogP contribution is 2.27. The first-order valence-electron chi connectivity index (χ1n) is 12.4. The number of thiazole rings is 1. The van der Waals surface area contributed by atoms with Crippen molar-refractivity contribution in [1.29, 1.82) is 0 Å². The quantitative estimate of drug-likeness (QED) is 0.373. The van der Waals surface area contributed by atoms with Gasteiger partial charge < -0.3 is 29.6 Å². The van der Waals surface area contributed by atoms with E-state index in [1.54, 1.807) is 0 Å². The maximum Gasteiger partial charge on any atom is 0.573 e. The van der Waals surface area contributed by atoms with Crippen molar-refractivity contribution in [3.8, 4) is 17.0 Å². The number of amides is 2. The number of nitrogens with zero attached hydrogens (tertiary/aromatic N) is 3. The first-order chi connectivity index (χ1) is 18.3. The number of urea groups is 1. The van der Waals surface area contributed by atoms with Crippen LogP contribution in [0.25, 0.3) is 11.3 Å². The second-order valence-electron chi connectivity index (χ2n) is 8.49. The Morgan fingerprint density at radius 3 is 2.45 bits per heavy atom. The lowest BCUT2D eigenvalue weighted by Crippen LogP contribution is -2.36. The van der Waals surface area contributed by atoms with Crippen molar-refractivity contribution in [3.63, 3.8) is 0 Å². The Labute approximate surface area is 222 Å². The minimum Gasteiger partial charge on any atom is -0.406 e. The number of alkyl halides is 3. The molecule has 4 rings (SSSR count). The lowest BCUT2D eigenvalue weighted by atomic mass is 10.1. The summed E-state index contributed by atoms with van der Waals surface area (Å²) < 4.78 is 48.9. The molecule has 2 heterocycles. The van der Waals surface area contributed by atoms with Crippen LogP contribution in [0, 0.1) is 0 Å². The van der Waals surface area contributed by atoms with E-state index in [0.29, 0.717) is 49.8 Å². The maximum atomic E-state index is 12.5. The minimum atomic E-state index is -4.75. The van der Waals surface area contributed by atoms with Crippen molar-refractivity contribution >= 4 is 28.7 Å². The number of anilines is 1. The Morgan fingerprint density at radius 1 is 1.08 bits per heavy atom. The smallest absolute Gasteiger partial charge is 0.406 e. The third-order valence-electron chi connectivity index (χ3n) is 5.81. The fourth-order valence-electron chi connectivity index (χ4n) is 4.02. The zero-order chi connectivity index (χ0) is 27.0. The molecule has 8 nitrogen and oxygen atoms in total. The molecule has 1 aliphatic rings. The number of morpholine rings is 1. The first-order valence-corrected chi connectivity index (χ1v) is 13.2. The van der Waals surface area contributed by atoms with Crippen molar-refractivity contribution in [1.82, 2.24) is 15.2 Å². The van der Waals surface area contributed by atoms with Gasteiger partial charge in [-0.1, -0.05) is 12.1 Å². The minimum absolute atomic E-state index is 0.215. The number of aromatic nitrogens is 1. The van der Waals surface area contributed by atoms with Gasteiger partial charge >= 0.3 is 12.4 Å². The van der Waals surface area contributed by atoms with Gasteiger partial charge in [-0.2, -0.15) is 0 Å². The SMILES string of the molecule is CCNC(=O)NCCCn1c(-c2ccc(N3CCOCC3)cc2)cs/c1=N\c1ccc(OC(F)(F)F)cc1. The molecule has 12 heteroatoms. The molecule has 0 bridgehead atoms. The number of halogens is 3. The first kappa shape index (κ1) is 27.5. The third kappa shape index (κ3) is 7.75. The molecule has 1 fully saturated rings. The molecule has 204 valence electrons. The molecule has 0 saturated carbocycles. The summed E-state index contributed by atoms with van der Waals surface area (Å²) >= 11 is 1.44. The fourth-order valence-corrected chi connectivity index (χ4v) is 4.98. The summed E-state index contributed by atoms with van der Waals surface area (Å²) in [6, 6.07) is 13.6. The highest BCUT2D eigenvalue weighted by Gasteiger charge is 2.30. The average Bonchev–Trinajstić information content (AvgIpc) is 3.30. The standard InChI is InChI=1S/C26H30F3N5O3S/c1-2-30-24(35)31-12-3-13-34-23(19-4-8-21(9-5-19)33-14-16-36-17-15-33)18-38-25(34)32-20-6-10-22(11-7-20)37-26(27,28)29/h4-11,18H,2-3,12-17H2,1H3,(H2,30,31,35)/b32-25-. The molecule has 1 aliphatic heterocycles. The van der Waals surface area contributed by atoms with Crippen molar-refractivity contribution in [2.24, 2.45) is 4.99 Å². The normalized spacial score (nSPS) is 14.4. The Bertz CT molecular complexity index is 1250. The van der Waals surface area contributed by atoms with Crippen molar-refractivity contribution in [3.05, 3.63) is 58.7 Å². The monoisotopic (exact) mass is 549 g/mol. The van der Waals surface area contributed by atoms with Crippen molar-refractivity contribution in [2.45, 2.75) is 26.3 Å². The van der Waals surface area contributed by atoms with Crippen LogP contribution < -0.4 is 25.1 Å². The topological polar surface area (TPSA) is 80.1 Å². The molecule has 0 atom stereocenters. The molecule has 2 amide bonds. The Balaban J connectivity index is 1.57. The van der Waals surface area contributed by atoms with Crippen LogP contribution in [0.2, 0.25) is 0 Å². The summed E-state index contributed by atoms with van der Waals surface area (Å²) in [7, 11) is 0. The summed E-state index contributed by atoms with van der Waals surface area (Å²) in [6.45, 7) is 6.60. The number of carbonyl (C=O) groups excluding carboxylic acids is 1. The summed E-state index contributed by atoms with van der Waals surface area (Å²) in [5.41, 5.74) is 3.63. The van der Waals surface area contributed by atoms with Crippen LogP contribution in [0.15, 0.2) is 58.9 Å². The van der Waals surface area contributed by atoms with Crippen LogP contribution in [-0.2, 0) is 11.3 Å². The summed E-state index contributed by atoms with van der Waals surface area (Å²) in [6.07, 6.45) is -4.08. The second-order valence-corrected chi connectivity index (χ2v) is 9.33. The molecule has 2 aromatic carbocycles. The number of carbonyl (C=O) groups is 1. The number of hydrogen-bond donors (Lipinski definition) is 2. The molecule has 0 spiro atoms. The third-order valence-corrected chi connectivity index (χ3v) is 6.68.